The van der Waals surface area contributed by atoms with E-state index in [1.54, 1.807) is 6.07 Å². The molecule has 1 N–H and O–H groups in total. The van der Waals surface area contributed by atoms with Crippen LogP contribution in [0, 0.1) is 10.1 Å². The van der Waals surface area contributed by atoms with E-state index in [1.807, 2.05) is 13.1 Å². The molecule has 1 fully saturated rings. The third kappa shape index (κ3) is 3.75. The molecule has 1 heterocycles. The van der Waals surface area contributed by atoms with Crippen molar-refractivity contribution < 1.29 is 4.92 Å². The van der Waals surface area contributed by atoms with Crippen molar-refractivity contribution in [1.29, 1.82) is 0 Å². The van der Waals surface area contributed by atoms with Gasteiger partial charge in [0.25, 0.3) is 5.69 Å². The molecule has 2 rings (SSSR count). The number of hydrogen-bond donors (Lipinski definition) is 1. The molecule has 1 aromatic carbocycles. The molecule has 0 aliphatic carbocycles. The van der Waals surface area contributed by atoms with E-state index in [0.29, 0.717) is 17.1 Å². The van der Waals surface area contributed by atoms with E-state index in [4.69, 9.17) is 0 Å². The second-order valence-electron chi connectivity index (χ2n) is 5.00. The summed E-state index contributed by atoms with van der Waals surface area (Å²) in [6.07, 6.45) is 2.44. The number of nitro groups is 1. The van der Waals surface area contributed by atoms with Crippen LogP contribution in [0.5, 0.6) is 0 Å². The molecule has 19 heavy (non-hydrogen) atoms. The van der Waals surface area contributed by atoms with Crippen LogP contribution in [-0.2, 0) is 6.54 Å². The Morgan fingerprint density at radius 1 is 1.58 bits per heavy atom. The van der Waals surface area contributed by atoms with Gasteiger partial charge in [0.05, 0.1) is 9.40 Å². The van der Waals surface area contributed by atoms with E-state index in [2.05, 4.69) is 26.1 Å². The van der Waals surface area contributed by atoms with Gasteiger partial charge in [-0.05, 0) is 47.9 Å². The Balaban J connectivity index is 2.01. The molecule has 5 nitrogen and oxygen atoms in total. The summed E-state index contributed by atoms with van der Waals surface area (Å²) in [6, 6.07) is 5.73. The van der Waals surface area contributed by atoms with Gasteiger partial charge in [-0.15, -0.1) is 0 Å². The standard InChI is InChI=1S/C13H18BrN3O2/c1-16(9-11-5-3-7-15-11)8-10-4-2-6-12(13(10)14)17(18)19/h2,4,6,11,15H,3,5,7-9H2,1H3. The first kappa shape index (κ1) is 14.4. The third-order valence-electron chi connectivity index (χ3n) is 3.39. The number of rotatable bonds is 5. The molecule has 1 aliphatic rings. The average molecular weight is 328 g/mol. The van der Waals surface area contributed by atoms with Crippen molar-refractivity contribution in [2.75, 3.05) is 20.1 Å². The van der Waals surface area contributed by atoms with Crippen LogP contribution in [0.4, 0.5) is 5.69 Å². The minimum Gasteiger partial charge on any atom is -0.313 e. The van der Waals surface area contributed by atoms with Gasteiger partial charge in [0.15, 0.2) is 0 Å². The highest BCUT2D eigenvalue weighted by atomic mass is 79.9. The Kier molecular flexibility index (Phi) is 4.90. The van der Waals surface area contributed by atoms with Gasteiger partial charge in [-0.25, -0.2) is 0 Å². The Morgan fingerprint density at radius 2 is 2.37 bits per heavy atom. The molecule has 0 saturated carbocycles. The van der Waals surface area contributed by atoms with Gasteiger partial charge in [-0.3, -0.25) is 10.1 Å². The van der Waals surface area contributed by atoms with Crippen molar-refractivity contribution in [3.05, 3.63) is 38.3 Å². The molecule has 1 unspecified atom stereocenters. The van der Waals surface area contributed by atoms with Gasteiger partial charge in [0, 0.05) is 25.2 Å². The lowest BCUT2D eigenvalue weighted by atomic mass is 10.1. The lowest BCUT2D eigenvalue weighted by Crippen LogP contribution is -2.35. The zero-order chi connectivity index (χ0) is 13.8. The summed E-state index contributed by atoms with van der Waals surface area (Å²) in [5.74, 6) is 0. The molecule has 1 atom stereocenters. The topological polar surface area (TPSA) is 58.4 Å². The first-order valence-corrected chi connectivity index (χ1v) is 7.21. The van der Waals surface area contributed by atoms with Crippen LogP contribution in [0.3, 0.4) is 0 Å². The zero-order valence-corrected chi connectivity index (χ0v) is 12.5. The molecule has 0 aromatic heterocycles. The van der Waals surface area contributed by atoms with Crippen molar-refractivity contribution in [3.63, 3.8) is 0 Å². The number of likely N-dealkylation sites (N-methyl/N-ethyl adjacent to an activating group) is 1. The van der Waals surface area contributed by atoms with E-state index in [-0.39, 0.29) is 10.6 Å². The molecule has 0 radical (unpaired) electrons. The Hall–Kier alpha value is -0.980. The molecule has 104 valence electrons. The fourth-order valence-corrected chi connectivity index (χ4v) is 3.01. The van der Waals surface area contributed by atoms with Gasteiger partial charge >= 0.3 is 0 Å². The molecule has 0 bridgehead atoms. The summed E-state index contributed by atoms with van der Waals surface area (Å²) in [4.78, 5) is 12.7. The number of benzene rings is 1. The van der Waals surface area contributed by atoms with Gasteiger partial charge in [-0.2, -0.15) is 0 Å². The van der Waals surface area contributed by atoms with Gasteiger partial charge < -0.3 is 10.2 Å². The van der Waals surface area contributed by atoms with Gasteiger partial charge in [0.2, 0.25) is 0 Å². The molecule has 0 amide bonds. The van der Waals surface area contributed by atoms with Crippen LogP contribution >= 0.6 is 15.9 Å². The fourth-order valence-electron chi connectivity index (χ4n) is 2.47. The molecular weight excluding hydrogens is 310 g/mol. The summed E-state index contributed by atoms with van der Waals surface area (Å²) >= 11 is 3.34. The maximum atomic E-state index is 10.9. The monoisotopic (exact) mass is 327 g/mol. The van der Waals surface area contributed by atoms with Crippen molar-refractivity contribution >= 4 is 21.6 Å². The van der Waals surface area contributed by atoms with Gasteiger partial charge in [0.1, 0.15) is 0 Å². The lowest BCUT2D eigenvalue weighted by molar-refractivity contribution is -0.385. The summed E-state index contributed by atoms with van der Waals surface area (Å²) in [7, 11) is 2.05. The molecule has 1 saturated heterocycles. The third-order valence-corrected chi connectivity index (χ3v) is 4.31. The predicted octanol–water partition coefficient (Wildman–Crippen LogP) is 2.54. The minimum absolute atomic E-state index is 0.130. The summed E-state index contributed by atoms with van der Waals surface area (Å²) in [5, 5.41) is 14.3. The van der Waals surface area contributed by atoms with Gasteiger partial charge in [-0.1, -0.05) is 12.1 Å². The molecular formula is C13H18BrN3O2. The van der Waals surface area contributed by atoms with Crippen molar-refractivity contribution in [2.24, 2.45) is 0 Å². The summed E-state index contributed by atoms with van der Waals surface area (Å²) in [6.45, 7) is 2.77. The second kappa shape index (κ2) is 6.45. The molecule has 1 aromatic rings. The highest BCUT2D eigenvalue weighted by Crippen LogP contribution is 2.29. The van der Waals surface area contributed by atoms with Crippen LogP contribution < -0.4 is 5.32 Å². The van der Waals surface area contributed by atoms with Crippen LogP contribution in [0.2, 0.25) is 0 Å². The largest absolute Gasteiger partial charge is 0.313 e. The Labute approximate surface area is 121 Å². The molecule has 6 heteroatoms. The lowest BCUT2D eigenvalue weighted by Gasteiger charge is -2.21. The quantitative estimate of drug-likeness (QED) is 0.667. The smallest absolute Gasteiger partial charge is 0.283 e. The number of halogens is 1. The van der Waals surface area contributed by atoms with Crippen LogP contribution in [-0.4, -0.2) is 36.0 Å². The highest BCUT2D eigenvalue weighted by Gasteiger charge is 2.18. The first-order chi connectivity index (χ1) is 9.08. The Bertz CT molecular complexity index is 461. The zero-order valence-electron chi connectivity index (χ0n) is 10.9. The van der Waals surface area contributed by atoms with E-state index < -0.39 is 0 Å². The van der Waals surface area contributed by atoms with E-state index in [0.717, 1.165) is 18.7 Å². The van der Waals surface area contributed by atoms with Crippen LogP contribution in [0.1, 0.15) is 18.4 Å². The normalized spacial score (nSPS) is 19.0. The van der Waals surface area contributed by atoms with E-state index in [9.17, 15) is 10.1 Å². The summed E-state index contributed by atoms with van der Waals surface area (Å²) < 4.78 is 0.589. The molecule has 1 aliphatic heterocycles. The number of nitro benzene ring substituents is 1. The van der Waals surface area contributed by atoms with Crippen molar-refractivity contribution in [2.45, 2.75) is 25.4 Å². The summed E-state index contributed by atoms with van der Waals surface area (Å²) in [5.41, 5.74) is 1.08. The fraction of sp³-hybridized carbons (Fsp3) is 0.538. The second-order valence-corrected chi connectivity index (χ2v) is 5.79. The highest BCUT2D eigenvalue weighted by molar-refractivity contribution is 9.10. The van der Waals surface area contributed by atoms with Crippen LogP contribution in [0.25, 0.3) is 0 Å². The average Bonchev–Trinajstić information content (AvgIpc) is 2.84. The maximum absolute atomic E-state index is 10.9. The minimum atomic E-state index is -0.355. The van der Waals surface area contributed by atoms with Crippen molar-refractivity contribution in [1.82, 2.24) is 10.2 Å². The number of nitrogens with zero attached hydrogens (tertiary/aromatic N) is 2. The number of hydrogen-bond acceptors (Lipinski definition) is 4. The maximum Gasteiger partial charge on any atom is 0.283 e. The predicted molar refractivity (Wildman–Crippen MR) is 78.2 cm³/mol. The van der Waals surface area contributed by atoms with E-state index in [1.165, 1.54) is 18.9 Å². The van der Waals surface area contributed by atoms with E-state index >= 15 is 0 Å². The van der Waals surface area contributed by atoms with Crippen LogP contribution in [0.15, 0.2) is 22.7 Å². The van der Waals surface area contributed by atoms with Crippen molar-refractivity contribution in [3.8, 4) is 0 Å². The molecule has 0 spiro atoms. The first-order valence-electron chi connectivity index (χ1n) is 6.41. The Morgan fingerprint density at radius 3 is 3.00 bits per heavy atom. The SMILES string of the molecule is CN(Cc1cccc([N+](=O)[O-])c1Br)CC1CCCN1. The number of nitrogens with one attached hydrogen (secondary N) is 1.